The molecule has 0 heterocycles. The lowest BCUT2D eigenvalue weighted by atomic mass is 10.2. The van der Waals surface area contributed by atoms with Crippen LogP contribution < -0.4 is 0 Å². The Bertz CT molecular complexity index is 164. The van der Waals surface area contributed by atoms with Crippen molar-refractivity contribution in [3.8, 4) is 0 Å². The van der Waals surface area contributed by atoms with Crippen molar-refractivity contribution in [1.29, 1.82) is 0 Å². The van der Waals surface area contributed by atoms with Crippen LogP contribution in [0.15, 0.2) is 0 Å². The highest BCUT2D eigenvalue weighted by atomic mass is 31.2. The number of hydrogen-bond acceptors (Lipinski definition) is 9. The van der Waals surface area contributed by atoms with Crippen LogP contribution in [0.1, 0.15) is 77.0 Å². The summed E-state index contributed by atoms with van der Waals surface area (Å²) in [7, 11) is -2.62. The summed E-state index contributed by atoms with van der Waals surface area (Å²) < 4.78 is 0. The van der Waals surface area contributed by atoms with Crippen LogP contribution >= 0.6 is 8.60 Å². The molecule has 9 N–H and O–H groups in total. The van der Waals surface area contributed by atoms with Gasteiger partial charge in [-0.3, -0.25) is 0 Å². The number of hydrogen-bond donors (Lipinski definition) is 9. The maximum Gasteiger partial charge on any atom is 0.324 e. The SMILES string of the molecule is OCCCCCCO.OCCCCCCO.OCCCCCCO.OP(O)O. The Morgan fingerprint density at radius 1 is 0.286 bits per heavy atom. The first kappa shape index (κ1) is 35.5. The molecule has 0 aromatic heterocycles. The van der Waals surface area contributed by atoms with Gasteiger partial charge in [-0.2, -0.15) is 0 Å². The first-order valence-electron chi connectivity index (χ1n) is 10.00. The minimum Gasteiger partial charge on any atom is -0.396 e. The highest BCUT2D eigenvalue weighted by Gasteiger charge is 1.86. The van der Waals surface area contributed by atoms with Crippen molar-refractivity contribution in [3.05, 3.63) is 0 Å². The predicted octanol–water partition coefficient (Wildman–Crippen LogP) is 0.784. The Balaban J connectivity index is -0.000000141. The Morgan fingerprint density at radius 2 is 0.393 bits per heavy atom. The molecule has 0 aromatic carbocycles. The van der Waals surface area contributed by atoms with E-state index in [1.165, 1.54) is 0 Å². The van der Waals surface area contributed by atoms with E-state index in [4.69, 9.17) is 45.3 Å². The summed E-state index contributed by atoms with van der Waals surface area (Å²) in [4.78, 5) is 21.7. The van der Waals surface area contributed by atoms with E-state index in [0.29, 0.717) is 0 Å². The lowest BCUT2D eigenvalue weighted by Gasteiger charge is -1.93. The molecule has 0 rings (SSSR count). The van der Waals surface area contributed by atoms with Crippen molar-refractivity contribution in [2.45, 2.75) is 77.0 Å². The molecule has 0 aliphatic heterocycles. The fraction of sp³-hybridized carbons (Fsp3) is 1.00. The van der Waals surface area contributed by atoms with Crippen LogP contribution in [-0.4, -0.2) is 85.0 Å². The van der Waals surface area contributed by atoms with Gasteiger partial charge < -0.3 is 45.3 Å². The van der Waals surface area contributed by atoms with Crippen LogP contribution in [0.25, 0.3) is 0 Å². The third-order valence-electron chi connectivity index (χ3n) is 3.20. The van der Waals surface area contributed by atoms with Crippen LogP contribution in [0, 0.1) is 0 Å². The second-order valence-electron chi connectivity index (χ2n) is 5.85. The van der Waals surface area contributed by atoms with Crippen LogP contribution in [0.3, 0.4) is 0 Å². The summed E-state index contributed by atoms with van der Waals surface area (Å²) >= 11 is 0. The molecular weight excluding hydrogens is 391 g/mol. The summed E-state index contributed by atoms with van der Waals surface area (Å²) in [6, 6.07) is 0. The third-order valence-corrected chi connectivity index (χ3v) is 3.20. The van der Waals surface area contributed by atoms with Crippen LogP contribution in [0.5, 0.6) is 0 Å². The van der Waals surface area contributed by atoms with Gasteiger partial charge in [0, 0.05) is 39.6 Å². The lowest BCUT2D eigenvalue weighted by molar-refractivity contribution is 0.265. The maximum absolute atomic E-state index is 8.30. The molecule has 0 aliphatic rings. The van der Waals surface area contributed by atoms with E-state index in [9.17, 15) is 0 Å². The minimum atomic E-state index is -2.62. The molecule has 10 heteroatoms. The van der Waals surface area contributed by atoms with Gasteiger partial charge in [-0.1, -0.05) is 38.5 Å². The fourth-order valence-corrected chi connectivity index (χ4v) is 1.73. The first-order chi connectivity index (χ1) is 13.5. The molecule has 0 amide bonds. The van der Waals surface area contributed by atoms with E-state index in [1.54, 1.807) is 0 Å². The number of unbranched alkanes of at least 4 members (excludes halogenated alkanes) is 9. The van der Waals surface area contributed by atoms with Crippen molar-refractivity contribution in [2.75, 3.05) is 39.6 Å². The summed E-state index contributed by atoms with van der Waals surface area (Å²) in [5.41, 5.74) is 0. The largest absolute Gasteiger partial charge is 0.396 e. The Morgan fingerprint density at radius 3 is 0.464 bits per heavy atom. The smallest absolute Gasteiger partial charge is 0.324 e. The van der Waals surface area contributed by atoms with Crippen molar-refractivity contribution < 1.29 is 45.3 Å². The Labute approximate surface area is 171 Å². The van der Waals surface area contributed by atoms with Gasteiger partial charge in [-0.05, 0) is 38.5 Å². The van der Waals surface area contributed by atoms with Gasteiger partial charge in [-0.25, -0.2) is 0 Å². The molecule has 0 spiro atoms. The molecule has 0 aromatic rings. The van der Waals surface area contributed by atoms with E-state index in [0.717, 1.165) is 77.0 Å². The van der Waals surface area contributed by atoms with Gasteiger partial charge in [0.2, 0.25) is 0 Å². The van der Waals surface area contributed by atoms with Gasteiger partial charge in [-0.15, -0.1) is 0 Å². The molecule has 0 saturated carbocycles. The molecule has 176 valence electrons. The molecular formula is C18H45O9P. The second kappa shape index (κ2) is 41.4. The maximum atomic E-state index is 8.30. The molecule has 28 heavy (non-hydrogen) atoms. The lowest BCUT2D eigenvalue weighted by Crippen LogP contribution is -1.85. The quantitative estimate of drug-likeness (QED) is 0.132. The normalized spacial score (nSPS) is 9.64. The number of rotatable bonds is 15. The average molecular weight is 437 g/mol. The first-order valence-corrected chi connectivity index (χ1v) is 11.2. The van der Waals surface area contributed by atoms with Gasteiger partial charge in [0.05, 0.1) is 0 Å². The molecule has 0 unspecified atom stereocenters. The molecule has 0 aliphatic carbocycles. The second-order valence-corrected chi connectivity index (χ2v) is 6.39. The minimum absolute atomic E-state index is 0.283. The zero-order valence-corrected chi connectivity index (χ0v) is 18.1. The molecule has 9 nitrogen and oxygen atoms in total. The van der Waals surface area contributed by atoms with Crippen molar-refractivity contribution in [2.24, 2.45) is 0 Å². The monoisotopic (exact) mass is 436 g/mol. The van der Waals surface area contributed by atoms with Crippen molar-refractivity contribution >= 4 is 8.60 Å². The number of aliphatic hydroxyl groups is 6. The standard InChI is InChI=1S/3C6H14O2.H3O3P/c3*7-5-3-1-2-4-6-8;1-4(2)3/h3*7-8H,1-6H2;1-3H. The van der Waals surface area contributed by atoms with E-state index >= 15 is 0 Å². The summed E-state index contributed by atoms with van der Waals surface area (Å²) in [6.45, 7) is 1.70. The van der Waals surface area contributed by atoms with Crippen molar-refractivity contribution in [3.63, 3.8) is 0 Å². The van der Waals surface area contributed by atoms with Crippen LogP contribution in [0.4, 0.5) is 0 Å². The Hall–Kier alpha value is 0.0700. The zero-order chi connectivity index (χ0) is 22.3. The van der Waals surface area contributed by atoms with Crippen LogP contribution in [0.2, 0.25) is 0 Å². The summed E-state index contributed by atoms with van der Waals surface area (Å²) in [5.74, 6) is 0. The third kappa shape index (κ3) is 72.1. The summed E-state index contributed by atoms with van der Waals surface area (Å²) in [6.07, 6.45) is 11.5. The van der Waals surface area contributed by atoms with E-state index < -0.39 is 8.60 Å². The van der Waals surface area contributed by atoms with E-state index in [-0.39, 0.29) is 39.6 Å². The van der Waals surface area contributed by atoms with Crippen LogP contribution in [-0.2, 0) is 0 Å². The zero-order valence-electron chi connectivity index (χ0n) is 17.2. The van der Waals surface area contributed by atoms with E-state index in [2.05, 4.69) is 0 Å². The Kier molecular flexibility index (Phi) is 52.5. The number of aliphatic hydroxyl groups excluding tert-OH is 6. The molecule has 0 radical (unpaired) electrons. The highest BCUT2D eigenvalue weighted by Crippen LogP contribution is 2.11. The molecule has 0 fully saturated rings. The molecule has 0 bridgehead atoms. The summed E-state index contributed by atoms with van der Waals surface area (Å²) in [5, 5.41) is 49.8. The average Bonchev–Trinajstić information content (AvgIpc) is 2.67. The predicted molar refractivity (Wildman–Crippen MR) is 111 cm³/mol. The van der Waals surface area contributed by atoms with E-state index in [1.807, 2.05) is 0 Å². The molecule has 0 atom stereocenters. The van der Waals surface area contributed by atoms with Gasteiger partial charge >= 0.3 is 8.60 Å². The highest BCUT2D eigenvalue weighted by molar-refractivity contribution is 7.38. The van der Waals surface area contributed by atoms with Gasteiger partial charge in [0.15, 0.2) is 0 Å². The van der Waals surface area contributed by atoms with Crippen molar-refractivity contribution in [1.82, 2.24) is 0 Å². The molecule has 0 saturated heterocycles. The topological polar surface area (TPSA) is 182 Å². The fourth-order valence-electron chi connectivity index (χ4n) is 1.73. The van der Waals surface area contributed by atoms with Gasteiger partial charge in [0.1, 0.15) is 0 Å². The van der Waals surface area contributed by atoms with Gasteiger partial charge in [0.25, 0.3) is 0 Å².